The van der Waals surface area contributed by atoms with E-state index in [9.17, 15) is 10.1 Å². The van der Waals surface area contributed by atoms with E-state index in [2.05, 4.69) is 0 Å². The molecule has 8 heteroatoms. The van der Waals surface area contributed by atoms with Crippen molar-refractivity contribution in [3.05, 3.63) is 38.1 Å². The minimum absolute atomic E-state index is 0.0419. The first-order chi connectivity index (χ1) is 8.51. The van der Waals surface area contributed by atoms with Gasteiger partial charge in [-0.25, -0.2) is 0 Å². The Hall–Kier alpha value is -1.97. The average molecular weight is 286 g/mol. The molecule has 92 valence electrons. The molecular weight excluding hydrogens is 281 g/mol. The van der Waals surface area contributed by atoms with Crippen LogP contribution in [-0.2, 0) is 0 Å². The quantitative estimate of drug-likeness (QED) is 0.751. The zero-order valence-corrected chi connectivity index (χ0v) is 10.5. The molecule has 0 fully saturated rings. The van der Waals surface area contributed by atoms with Gasteiger partial charge in [0.15, 0.2) is 11.2 Å². The largest absolute Gasteiger partial charge is 0.804 e. The summed E-state index contributed by atoms with van der Waals surface area (Å²) in [6, 6.07) is 4.10. The lowest BCUT2D eigenvalue weighted by Gasteiger charge is -2.14. The summed E-state index contributed by atoms with van der Waals surface area (Å²) in [7, 11) is 1.37. The van der Waals surface area contributed by atoms with Crippen LogP contribution in [0.5, 0.6) is 5.75 Å². The van der Waals surface area contributed by atoms with Crippen molar-refractivity contribution in [2.75, 3.05) is 7.11 Å². The van der Waals surface area contributed by atoms with Crippen LogP contribution in [0.3, 0.4) is 0 Å². The topological polar surface area (TPSA) is 84.0 Å². The second kappa shape index (κ2) is 4.37. The molecule has 1 heterocycles. The molecule has 0 aliphatic heterocycles. The third-order valence-electron chi connectivity index (χ3n) is 2.37. The fourth-order valence-electron chi connectivity index (χ4n) is 1.51. The molecule has 0 unspecified atom stereocenters. The molecule has 0 radical (unpaired) electrons. The summed E-state index contributed by atoms with van der Waals surface area (Å²) in [6.07, 6.45) is 0. The van der Waals surface area contributed by atoms with E-state index >= 15 is 0 Å². The molecular formula is C10H5Cl2N3O3. The zero-order chi connectivity index (χ0) is 13.4. The predicted octanol–water partition coefficient (Wildman–Crippen LogP) is 2.09. The number of aromatic nitrogens is 2. The van der Waals surface area contributed by atoms with Gasteiger partial charge in [0.1, 0.15) is 11.3 Å². The van der Waals surface area contributed by atoms with Crippen molar-refractivity contribution in [2.45, 2.75) is 0 Å². The molecule has 0 N–H and O–H groups in total. The Labute approximate surface area is 111 Å². The summed E-state index contributed by atoms with van der Waals surface area (Å²) in [5.41, 5.74) is -0.574. The van der Waals surface area contributed by atoms with Gasteiger partial charge in [0.2, 0.25) is 0 Å². The molecule has 2 rings (SSSR count). The van der Waals surface area contributed by atoms with Crippen molar-refractivity contribution in [3.8, 4) is 11.8 Å². The highest BCUT2D eigenvalue weighted by molar-refractivity contribution is 6.33. The molecule has 0 saturated carbocycles. The number of nitrogens with zero attached hydrogens (tertiary/aromatic N) is 3. The Morgan fingerprint density at radius 3 is 2.72 bits per heavy atom. The van der Waals surface area contributed by atoms with Crippen molar-refractivity contribution >= 4 is 34.2 Å². The lowest BCUT2D eigenvalue weighted by atomic mass is 10.2. The zero-order valence-electron chi connectivity index (χ0n) is 8.98. The van der Waals surface area contributed by atoms with Gasteiger partial charge in [-0.2, -0.15) is 5.26 Å². The number of hydrogen-bond acceptors (Lipinski definition) is 4. The molecule has 1 aromatic carbocycles. The minimum atomic E-state index is -0.499. The van der Waals surface area contributed by atoms with Crippen LogP contribution in [-0.4, -0.2) is 11.8 Å². The first-order valence-corrected chi connectivity index (χ1v) is 5.38. The van der Waals surface area contributed by atoms with Crippen LogP contribution in [0, 0.1) is 21.4 Å². The normalized spacial score (nSPS) is 10.3. The van der Waals surface area contributed by atoms with Crippen LogP contribution in [0.15, 0.2) is 12.1 Å². The highest BCUT2D eigenvalue weighted by Crippen LogP contribution is 2.29. The van der Waals surface area contributed by atoms with Crippen LogP contribution < -0.4 is 9.16 Å². The molecule has 6 nitrogen and oxygen atoms in total. The van der Waals surface area contributed by atoms with Gasteiger partial charge in [0.25, 0.3) is 5.52 Å². The molecule has 0 aliphatic rings. The molecule has 0 atom stereocenters. The summed E-state index contributed by atoms with van der Waals surface area (Å²) in [6.45, 7) is 0. The standard InChI is InChI=1S/C10H5Cl2N3O3/c1-18-9-3-7-6(2-5(9)11)15(17)10(12)8(4-13)14(7)16/h2-3H,1H3. The van der Waals surface area contributed by atoms with Crippen molar-refractivity contribution in [3.63, 3.8) is 0 Å². The lowest BCUT2D eigenvalue weighted by Crippen LogP contribution is -2.23. The maximum Gasteiger partial charge on any atom is 0.374 e. The SMILES string of the molecule is COc1cc2c(cc1Cl)n([O-])c(Cl)c(C#N)[n+]2=O. The van der Waals surface area contributed by atoms with Gasteiger partial charge < -0.3 is 14.7 Å². The van der Waals surface area contributed by atoms with Crippen LogP contribution in [0.1, 0.15) is 5.69 Å². The fraction of sp³-hybridized carbons (Fsp3) is 0.100. The summed E-state index contributed by atoms with van der Waals surface area (Å²) >= 11 is 11.5. The first-order valence-electron chi connectivity index (χ1n) is 4.63. The number of ether oxygens (including phenoxy) is 1. The van der Waals surface area contributed by atoms with Gasteiger partial charge in [0.05, 0.1) is 22.6 Å². The van der Waals surface area contributed by atoms with E-state index in [4.69, 9.17) is 33.2 Å². The Balaban J connectivity index is 3.05. The molecule has 0 amide bonds. The van der Waals surface area contributed by atoms with Gasteiger partial charge >= 0.3 is 5.69 Å². The van der Waals surface area contributed by atoms with Gasteiger partial charge in [0, 0.05) is 4.91 Å². The second-order valence-corrected chi connectivity index (χ2v) is 4.08. The number of fused-ring (bicyclic) bond motifs is 1. The molecule has 0 saturated heterocycles. The summed E-state index contributed by atoms with van der Waals surface area (Å²) in [5.74, 6) is 0.222. The first kappa shape index (κ1) is 12.5. The Morgan fingerprint density at radius 1 is 1.50 bits per heavy atom. The average Bonchev–Trinajstić information content (AvgIpc) is 2.36. The van der Waals surface area contributed by atoms with E-state index in [1.54, 1.807) is 6.07 Å². The summed E-state index contributed by atoms with van der Waals surface area (Å²) < 4.78 is 5.48. The summed E-state index contributed by atoms with van der Waals surface area (Å²) in [4.78, 5) is 11.9. The number of halogens is 2. The van der Waals surface area contributed by atoms with Gasteiger partial charge in [-0.1, -0.05) is 23.2 Å². The Kier molecular flexibility index (Phi) is 3.03. The number of rotatable bonds is 1. The summed E-state index contributed by atoms with van der Waals surface area (Å²) in [5, 5.41) is 20.3. The van der Waals surface area contributed by atoms with E-state index in [0.717, 1.165) is 0 Å². The highest BCUT2D eigenvalue weighted by Gasteiger charge is 2.22. The molecule has 1 aromatic heterocycles. The molecule has 18 heavy (non-hydrogen) atoms. The van der Waals surface area contributed by atoms with Crippen molar-refractivity contribution in [2.24, 2.45) is 0 Å². The van der Waals surface area contributed by atoms with Crippen molar-refractivity contribution < 1.29 is 9.16 Å². The van der Waals surface area contributed by atoms with E-state index in [0.29, 0.717) is 0 Å². The smallest absolute Gasteiger partial charge is 0.374 e. The Morgan fingerprint density at radius 2 is 2.17 bits per heavy atom. The second-order valence-electron chi connectivity index (χ2n) is 3.32. The highest BCUT2D eigenvalue weighted by atomic mass is 35.5. The van der Waals surface area contributed by atoms with E-state index < -0.39 is 10.8 Å². The molecule has 0 aliphatic carbocycles. The Bertz CT molecular complexity index is 749. The van der Waals surface area contributed by atoms with Crippen molar-refractivity contribution in [1.29, 1.82) is 5.26 Å². The van der Waals surface area contributed by atoms with Crippen LogP contribution in [0.2, 0.25) is 10.2 Å². The van der Waals surface area contributed by atoms with Crippen LogP contribution in [0.25, 0.3) is 11.0 Å². The van der Waals surface area contributed by atoms with Crippen LogP contribution >= 0.6 is 23.2 Å². The lowest BCUT2D eigenvalue weighted by molar-refractivity contribution is -0.468. The van der Waals surface area contributed by atoms with Crippen LogP contribution in [0.4, 0.5) is 0 Å². The molecule has 2 aromatic rings. The third-order valence-corrected chi connectivity index (χ3v) is 3.00. The maximum absolute atomic E-state index is 11.9. The number of nitriles is 1. The third kappa shape index (κ3) is 1.65. The van der Waals surface area contributed by atoms with E-state index in [-0.39, 0.29) is 31.0 Å². The predicted molar refractivity (Wildman–Crippen MR) is 65.4 cm³/mol. The number of benzene rings is 1. The fourth-order valence-corrected chi connectivity index (χ4v) is 1.96. The number of hydrogen-bond donors (Lipinski definition) is 0. The van der Waals surface area contributed by atoms with E-state index in [1.165, 1.54) is 19.2 Å². The van der Waals surface area contributed by atoms with Gasteiger partial charge in [-0.15, -0.1) is 0 Å². The van der Waals surface area contributed by atoms with Gasteiger partial charge in [-0.05, 0) is 6.07 Å². The maximum atomic E-state index is 11.9. The van der Waals surface area contributed by atoms with E-state index in [1.807, 2.05) is 0 Å². The van der Waals surface area contributed by atoms with Gasteiger partial charge in [-0.3, -0.25) is 0 Å². The molecule has 0 spiro atoms. The number of methoxy groups -OCH3 is 1. The molecule has 0 bridgehead atoms. The minimum Gasteiger partial charge on any atom is -0.804 e. The monoisotopic (exact) mass is 285 g/mol. The van der Waals surface area contributed by atoms with Crippen molar-refractivity contribution in [1.82, 2.24) is 4.73 Å².